The molecule has 106 valence electrons. The predicted molar refractivity (Wildman–Crippen MR) is 81.6 cm³/mol. The second-order valence-electron chi connectivity index (χ2n) is 5.88. The van der Waals surface area contributed by atoms with Gasteiger partial charge in [0.1, 0.15) is 5.82 Å². The van der Waals surface area contributed by atoms with Crippen molar-refractivity contribution >= 4 is 5.82 Å². The molecule has 1 fully saturated rings. The third-order valence-electron chi connectivity index (χ3n) is 3.90. The van der Waals surface area contributed by atoms with Crippen LogP contribution in [0.4, 0.5) is 5.82 Å². The van der Waals surface area contributed by atoms with Gasteiger partial charge in [-0.15, -0.1) is 0 Å². The van der Waals surface area contributed by atoms with Crippen molar-refractivity contribution in [3.05, 3.63) is 23.4 Å². The van der Waals surface area contributed by atoms with Crippen LogP contribution in [-0.4, -0.2) is 24.1 Å². The van der Waals surface area contributed by atoms with E-state index < -0.39 is 0 Å². The van der Waals surface area contributed by atoms with E-state index in [2.05, 4.69) is 55.2 Å². The van der Waals surface area contributed by atoms with Gasteiger partial charge in [0.15, 0.2) is 0 Å². The lowest BCUT2D eigenvalue weighted by Gasteiger charge is -2.26. The first-order chi connectivity index (χ1) is 9.10. The topological polar surface area (TPSA) is 28.2 Å². The van der Waals surface area contributed by atoms with Gasteiger partial charge in [-0.25, -0.2) is 4.98 Å². The Morgan fingerprint density at radius 3 is 2.79 bits per heavy atom. The number of nitrogens with zero attached hydrogens (tertiary/aromatic N) is 2. The van der Waals surface area contributed by atoms with Crippen molar-refractivity contribution in [1.82, 2.24) is 10.3 Å². The summed E-state index contributed by atoms with van der Waals surface area (Å²) in [5.74, 6) is 1.11. The predicted octanol–water partition coefficient (Wildman–Crippen LogP) is 3.27. The van der Waals surface area contributed by atoms with Gasteiger partial charge in [0.05, 0.1) is 0 Å². The Bertz CT molecular complexity index is 412. The summed E-state index contributed by atoms with van der Waals surface area (Å²) < 4.78 is 0. The van der Waals surface area contributed by atoms with Crippen molar-refractivity contribution < 1.29 is 0 Å². The van der Waals surface area contributed by atoms with Crippen LogP contribution in [0.15, 0.2) is 12.1 Å². The quantitative estimate of drug-likeness (QED) is 0.816. The Labute approximate surface area is 117 Å². The van der Waals surface area contributed by atoms with Crippen LogP contribution in [0.2, 0.25) is 0 Å². The second-order valence-corrected chi connectivity index (χ2v) is 5.88. The van der Waals surface area contributed by atoms with Crippen LogP contribution >= 0.6 is 0 Å². The molecule has 1 saturated carbocycles. The van der Waals surface area contributed by atoms with E-state index in [1.54, 1.807) is 0 Å². The van der Waals surface area contributed by atoms with Crippen molar-refractivity contribution in [2.45, 2.75) is 65.1 Å². The standard InChI is InChI=1S/C16H27N3/c1-5-6-13(3)19(4)16-10-14(9-12(2)18-16)11-17-15-7-8-15/h9-10,13,15,17H,5-8,11H2,1-4H3. The molecule has 1 aliphatic rings. The van der Waals surface area contributed by atoms with Crippen molar-refractivity contribution in [3.8, 4) is 0 Å². The van der Waals surface area contributed by atoms with Gasteiger partial charge in [0.2, 0.25) is 0 Å². The lowest BCUT2D eigenvalue weighted by Crippen LogP contribution is -2.29. The first kappa shape index (κ1) is 14.3. The fraction of sp³-hybridized carbons (Fsp3) is 0.688. The molecule has 0 aliphatic heterocycles. The molecule has 1 aromatic heterocycles. The Morgan fingerprint density at radius 2 is 2.16 bits per heavy atom. The zero-order valence-electron chi connectivity index (χ0n) is 12.7. The van der Waals surface area contributed by atoms with Gasteiger partial charge in [0.25, 0.3) is 0 Å². The molecule has 1 N–H and O–H groups in total. The largest absolute Gasteiger partial charge is 0.357 e. The van der Waals surface area contributed by atoms with E-state index in [1.807, 2.05) is 0 Å². The number of hydrogen-bond donors (Lipinski definition) is 1. The van der Waals surface area contributed by atoms with E-state index in [0.717, 1.165) is 24.1 Å². The first-order valence-electron chi connectivity index (χ1n) is 7.54. The van der Waals surface area contributed by atoms with E-state index >= 15 is 0 Å². The van der Waals surface area contributed by atoms with E-state index in [4.69, 9.17) is 0 Å². The second kappa shape index (κ2) is 6.38. The Hall–Kier alpha value is -1.09. The van der Waals surface area contributed by atoms with Crippen molar-refractivity contribution in [3.63, 3.8) is 0 Å². The normalized spacial score (nSPS) is 16.4. The third-order valence-corrected chi connectivity index (χ3v) is 3.90. The summed E-state index contributed by atoms with van der Waals surface area (Å²) in [7, 11) is 2.15. The van der Waals surface area contributed by atoms with Crippen molar-refractivity contribution in [2.24, 2.45) is 0 Å². The summed E-state index contributed by atoms with van der Waals surface area (Å²) >= 11 is 0. The SMILES string of the molecule is CCCC(C)N(C)c1cc(CNC2CC2)cc(C)n1. The highest BCUT2D eigenvalue weighted by Gasteiger charge is 2.20. The summed E-state index contributed by atoms with van der Waals surface area (Å²) in [5, 5.41) is 3.57. The molecule has 1 atom stereocenters. The van der Waals surface area contributed by atoms with Crippen LogP contribution in [0.1, 0.15) is 50.8 Å². The zero-order chi connectivity index (χ0) is 13.8. The summed E-state index contributed by atoms with van der Waals surface area (Å²) in [6, 6.07) is 5.73. The number of hydrogen-bond acceptors (Lipinski definition) is 3. The van der Waals surface area contributed by atoms with E-state index in [1.165, 1.54) is 31.2 Å². The van der Waals surface area contributed by atoms with Crippen LogP contribution in [0.25, 0.3) is 0 Å². The number of aryl methyl sites for hydroxylation is 1. The van der Waals surface area contributed by atoms with E-state index in [9.17, 15) is 0 Å². The highest BCUT2D eigenvalue weighted by atomic mass is 15.2. The van der Waals surface area contributed by atoms with Gasteiger partial charge in [-0.2, -0.15) is 0 Å². The molecule has 3 nitrogen and oxygen atoms in total. The maximum absolute atomic E-state index is 4.68. The summed E-state index contributed by atoms with van der Waals surface area (Å²) in [4.78, 5) is 6.98. The van der Waals surface area contributed by atoms with Gasteiger partial charge in [-0.05, 0) is 50.8 Å². The van der Waals surface area contributed by atoms with Crippen LogP contribution in [0, 0.1) is 6.92 Å². The molecule has 0 spiro atoms. The monoisotopic (exact) mass is 261 g/mol. The Balaban J connectivity index is 2.05. The molecule has 0 bridgehead atoms. The fourth-order valence-corrected chi connectivity index (χ4v) is 2.39. The Kier molecular flexibility index (Phi) is 4.81. The number of rotatable bonds is 7. The molecule has 0 amide bonds. The molecule has 1 heterocycles. The van der Waals surface area contributed by atoms with Crippen LogP contribution < -0.4 is 10.2 Å². The maximum atomic E-state index is 4.68. The van der Waals surface area contributed by atoms with Crippen molar-refractivity contribution in [2.75, 3.05) is 11.9 Å². The van der Waals surface area contributed by atoms with Gasteiger partial charge in [-0.3, -0.25) is 0 Å². The zero-order valence-corrected chi connectivity index (χ0v) is 12.7. The fourth-order valence-electron chi connectivity index (χ4n) is 2.39. The molecular weight excluding hydrogens is 234 g/mol. The van der Waals surface area contributed by atoms with Crippen LogP contribution in [0.5, 0.6) is 0 Å². The number of anilines is 1. The van der Waals surface area contributed by atoms with E-state index in [0.29, 0.717) is 6.04 Å². The molecule has 0 aromatic carbocycles. The highest BCUT2D eigenvalue weighted by Crippen LogP contribution is 2.21. The minimum Gasteiger partial charge on any atom is -0.357 e. The number of nitrogens with one attached hydrogen (secondary N) is 1. The average Bonchev–Trinajstić information content (AvgIpc) is 3.19. The number of aromatic nitrogens is 1. The molecule has 1 unspecified atom stereocenters. The third kappa shape index (κ3) is 4.20. The van der Waals surface area contributed by atoms with Crippen molar-refractivity contribution in [1.29, 1.82) is 0 Å². The van der Waals surface area contributed by atoms with Crippen LogP contribution in [-0.2, 0) is 6.54 Å². The average molecular weight is 261 g/mol. The van der Waals surface area contributed by atoms with Gasteiger partial charge in [-0.1, -0.05) is 13.3 Å². The molecule has 2 rings (SSSR count). The van der Waals surface area contributed by atoms with Gasteiger partial charge in [0, 0.05) is 31.4 Å². The van der Waals surface area contributed by atoms with Crippen LogP contribution in [0.3, 0.4) is 0 Å². The maximum Gasteiger partial charge on any atom is 0.129 e. The smallest absolute Gasteiger partial charge is 0.129 e. The molecule has 1 aliphatic carbocycles. The minimum absolute atomic E-state index is 0.545. The number of pyridine rings is 1. The molecule has 0 radical (unpaired) electrons. The molecular formula is C16H27N3. The van der Waals surface area contributed by atoms with Gasteiger partial charge >= 0.3 is 0 Å². The summed E-state index contributed by atoms with van der Waals surface area (Å²) in [5.41, 5.74) is 2.46. The minimum atomic E-state index is 0.545. The highest BCUT2D eigenvalue weighted by molar-refractivity contribution is 5.42. The van der Waals surface area contributed by atoms with E-state index in [-0.39, 0.29) is 0 Å². The van der Waals surface area contributed by atoms with Gasteiger partial charge < -0.3 is 10.2 Å². The molecule has 0 saturated heterocycles. The summed E-state index contributed by atoms with van der Waals surface area (Å²) in [6.07, 6.45) is 5.10. The molecule has 1 aromatic rings. The Morgan fingerprint density at radius 1 is 1.42 bits per heavy atom. The lowest BCUT2D eigenvalue weighted by atomic mass is 10.1. The lowest BCUT2D eigenvalue weighted by molar-refractivity contribution is 0.609. The molecule has 19 heavy (non-hydrogen) atoms. The first-order valence-corrected chi connectivity index (χ1v) is 7.54. The summed E-state index contributed by atoms with van der Waals surface area (Å²) in [6.45, 7) is 7.56. The molecule has 3 heteroatoms.